The molecule has 7 nitrogen and oxygen atoms in total. The molecule has 0 saturated carbocycles. The number of carbonyl (C=O) groups excluding carboxylic acids is 1. The summed E-state index contributed by atoms with van der Waals surface area (Å²) in [5, 5.41) is 27.6. The Labute approximate surface area is 145 Å². The average molecular weight is 335 g/mol. The van der Waals surface area contributed by atoms with Crippen LogP contribution in [0.1, 0.15) is 27.2 Å². The molecule has 0 radical (unpaired) electrons. The Bertz CT molecular complexity index is 465. The fraction of sp³-hybridized carbons (Fsp3) is 0.824. The number of aliphatic hydroxyl groups excluding tert-OH is 1. The molecule has 0 bridgehead atoms. The predicted molar refractivity (Wildman–Crippen MR) is 90.8 cm³/mol. The molecule has 24 heavy (non-hydrogen) atoms. The molecular weight excluding hydrogens is 306 g/mol. The summed E-state index contributed by atoms with van der Waals surface area (Å²) in [5.41, 5.74) is -0.117. The Balaban J connectivity index is 2.32. The van der Waals surface area contributed by atoms with Crippen LogP contribution in [-0.2, 0) is 4.79 Å². The third-order valence-electron chi connectivity index (χ3n) is 4.41. The monoisotopic (exact) mass is 335 g/mol. The van der Waals surface area contributed by atoms with Crippen molar-refractivity contribution in [2.45, 2.75) is 33.3 Å². The number of nitrogens with zero attached hydrogens (tertiary/aromatic N) is 5. The van der Waals surface area contributed by atoms with E-state index in [1.165, 1.54) is 4.90 Å². The van der Waals surface area contributed by atoms with Crippen molar-refractivity contribution in [1.82, 2.24) is 14.7 Å². The molecule has 1 heterocycles. The van der Waals surface area contributed by atoms with E-state index in [0.29, 0.717) is 19.5 Å². The highest BCUT2D eigenvalue weighted by molar-refractivity contribution is 5.76. The zero-order valence-corrected chi connectivity index (χ0v) is 15.0. The van der Waals surface area contributed by atoms with E-state index in [1.807, 2.05) is 32.9 Å². The summed E-state index contributed by atoms with van der Waals surface area (Å²) in [6.45, 7) is 10.8. The number of carbonyl (C=O) groups is 1. The maximum absolute atomic E-state index is 12.0. The third-order valence-corrected chi connectivity index (χ3v) is 4.41. The van der Waals surface area contributed by atoms with Gasteiger partial charge < -0.3 is 14.9 Å². The molecule has 0 aromatic rings. The highest BCUT2D eigenvalue weighted by atomic mass is 16.3. The Morgan fingerprint density at radius 2 is 1.62 bits per heavy atom. The van der Waals surface area contributed by atoms with Gasteiger partial charge in [-0.05, 0) is 5.41 Å². The van der Waals surface area contributed by atoms with E-state index in [-0.39, 0.29) is 30.5 Å². The molecular formula is C17H29N5O2. The van der Waals surface area contributed by atoms with Crippen molar-refractivity contribution in [3.8, 4) is 12.1 Å². The third kappa shape index (κ3) is 6.84. The average Bonchev–Trinajstić information content (AvgIpc) is 2.52. The maximum atomic E-state index is 12.0. The lowest BCUT2D eigenvalue weighted by molar-refractivity contribution is -0.130. The lowest BCUT2D eigenvalue weighted by Gasteiger charge is -2.38. The molecule has 134 valence electrons. The first-order valence-corrected chi connectivity index (χ1v) is 8.42. The zero-order valence-electron chi connectivity index (χ0n) is 15.0. The van der Waals surface area contributed by atoms with Crippen molar-refractivity contribution in [3.63, 3.8) is 0 Å². The fourth-order valence-electron chi connectivity index (χ4n) is 2.53. The number of piperazine rings is 1. The van der Waals surface area contributed by atoms with Crippen LogP contribution >= 0.6 is 0 Å². The molecule has 1 N–H and O–H groups in total. The van der Waals surface area contributed by atoms with Crippen LogP contribution in [0.15, 0.2) is 0 Å². The van der Waals surface area contributed by atoms with Crippen LogP contribution in [0.4, 0.5) is 0 Å². The second kappa shape index (κ2) is 9.58. The van der Waals surface area contributed by atoms with Crippen molar-refractivity contribution < 1.29 is 9.90 Å². The van der Waals surface area contributed by atoms with Crippen LogP contribution in [0, 0.1) is 28.1 Å². The van der Waals surface area contributed by atoms with Gasteiger partial charge in [-0.15, -0.1) is 0 Å². The Hall–Kier alpha value is -1.67. The molecule has 0 aliphatic carbocycles. The summed E-state index contributed by atoms with van der Waals surface area (Å²) in [6.07, 6.45) is -0.0234. The minimum Gasteiger partial charge on any atom is -0.391 e. The first-order chi connectivity index (χ1) is 11.3. The molecule has 1 aliphatic rings. The number of nitriles is 2. The van der Waals surface area contributed by atoms with Gasteiger partial charge in [-0.25, -0.2) is 0 Å². The second-order valence-electron chi connectivity index (χ2n) is 7.34. The van der Waals surface area contributed by atoms with Crippen LogP contribution < -0.4 is 0 Å². The van der Waals surface area contributed by atoms with Crippen molar-refractivity contribution >= 4 is 5.91 Å². The number of β-amino-alcohol motifs (C(OH)–C–C–N with tert-alkyl or cyclic N) is 1. The van der Waals surface area contributed by atoms with Crippen molar-refractivity contribution in [2.24, 2.45) is 5.41 Å². The molecule has 1 rings (SSSR count). The second-order valence-corrected chi connectivity index (χ2v) is 7.34. The van der Waals surface area contributed by atoms with Gasteiger partial charge in [0.1, 0.15) is 13.1 Å². The van der Waals surface area contributed by atoms with Gasteiger partial charge in [0.2, 0.25) is 5.91 Å². The highest BCUT2D eigenvalue weighted by Crippen LogP contribution is 2.20. The van der Waals surface area contributed by atoms with Gasteiger partial charge in [0.15, 0.2) is 0 Å². The van der Waals surface area contributed by atoms with E-state index in [2.05, 4.69) is 9.80 Å². The van der Waals surface area contributed by atoms with Gasteiger partial charge in [0.25, 0.3) is 0 Å². The smallest absolute Gasteiger partial charge is 0.225 e. The van der Waals surface area contributed by atoms with Crippen LogP contribution in [0.5, 0.6) is 0 Å². The SMILES string of the molecule is CC(C)(C)[C@@H](O)CN1CCN(CCC(=O)N(CC#N)CC#N)CC1. The molecule has 0 unspecified atom stereocenters. The molecule has 0 spiro atoms. The summed E-state index contributed by atoms with van der Waals surface area (Å²) in [7, 11) is 0. The summed E-state index contributed by atoms with van der Waals surface area (Å²) < 4.78 is 0. The molecule has 0 aromatic carbocycles. The molecule has 1 saturated heterocycles. The molecule has 1 amide bonds. The lowest BCUT2D eigenvalue weighted by atomic mass is 9.89. The van der Waals surface area contributed by atoms with Gasteiger partial charge >= 0.3 is 0 Å². The Morgan fingerprint density at radius 3 is 2.08 bits per heavy atom. The number of rotatable bonds is 7. The first-order valence-electron chi connectivity index (χ1n) is 8.42. The largest absolute Gasteiger partial charge is 0.391 e. The molecule has 1 aliphatic heterocycles. The zero-order chi connectivity index (χ0) is 18.2. The van der Waals surface area contributed by atoms with Crippen LogP contribution in [-0.4, -0.2) is 84.2 Å². The molecule has 1 atom stereocenters. The van der Waals surface area contributed by atoms with E-state index in [4.69, 9.17) is 10.5 Å². The summed E-state index contributed by atoms with van der Waals surface area (Å²) >= 11 is 0. The van der Waals surface area contributed by atoms with E-state index in [0.717, 1.165) is 26.2 Å². The predicted octanol–water partition coefficient (Wildman–Crippen LogP) is 0.277. The van der Waals surface area contributed by atoms with Gasteiger partial charge in [0, 0.05) is 45.7 Å². The van der Waals surface area contributed by atoms with Gasteiger partial charge in [0.05, 0.1) is 18.2 Å². The normalized spacial score (nSPS) is 17.8. The van der Waals surface area contributed by atoms with E-state index >= 15 is 0 Å². The minimum absolute atomic E-state index is 0.0368. The fourth-order valence-corrected chi connectivity index (χ4v) is 2.53. The van der Waals surface area contributed by atoms with Gasteiger partial charge in [-0.3, -0.25) is 9.69 Å². The van der Waals surface area contributed by atoms with Gasteiger partial charge in [-0.2, -0.15) is 10.5 Å². The van der Waals surface area contributed by atoms with Crippen LogP contribution in [0.2, 0.25) is 0 Å². The van der Waals surface area contributed by atoms with Crippen molar-refractivity contribution in [3.05, 3.63) is 0 Å². The Kier molecular flexibility index (Phi) is 8.14. The van der Waals surface area contributed by atoms with Crippen LogP contribution in [0.25, 0.3) is 0 Å². The number of hydrogen-bond acceptors (Lipinski definition) is 6. The number of amides is 1. The quantitative estimate of drug-likeness (QED) is 0.672. The van der Waals surface area contributed by atoms with E-state index in [1.54, 1.807) is 0 Å². The highest BCUT2D eigenvalue weighted by Gasteiger charge is 2.26. The minimum atomic E-state index is -0.351. The van der Waals surface area contributed by atoms with E-state index in [9.17, 15) is 9.90 Å². The van der Waals surface area contributed by atoms with Crippen molar-refractivity contribution in [2.75, 3.05) is 52.4 Å². The first kappa shape index (κ1) is 20.4. The van der Waals surface area contributed by atoms with Gasteiger partial charge in [-0.1, -0.05) is 20.8 Å². The molecule has 1 fully saturated rings. The lowest BCUT2D eigenvalue weighted by Crippen LogP contribution is -2.50. The maximum Gasteiger partial charge on any atom is 0.225 e. The topological polar surface area (TPSA) is 94.6 Å². The summed E-state index contributed by atoms with van der Waals surface area (Å²) in [4.78, 5) is 17.8. The standard InChI is InChI=1S/C17H29N5O2/c1-17(2,3)15(23)14-21-12-10-20(11-13-21)7-4-16(24)22(8-5-18)9-6-19/h15,23H,4,7-14H2,1-3H3/t15-/m0/s1. The number of aliphatic hydroxyl groups is 1. The summed E-state index contributed by atoms with van der Waals surface area (Å²) in [5.74, 6) is -0.149. The summed E-state index contributed by atoms with van der Waals surface area (Å²) in [6, 6.07) is 3.84. The molecule has 0 aromatic heterocycles. The molecule has 7 heteroatoms. The van der Waals surface area contributed by atoms with Crippen LogP contribution in [0.3, 0.4) is 0 Å². The van der Waals surface area contributed by atoms with Crippen molar-refractivity contribution in [1.29, 1.82) is 10.5 Å². The Morgan fingerprint density at radius 1 is 1.12 bits per heavy atom. The number of hydrogen-bond donors (Lipinski definition) is 1. The van der Waals surface area contributed by atoms with E-state index < -0.39 is 0 Å².